The normalized spacial score (nSPS) is 10.5. The van der Waals surface area contributed by atoms with Crippen LogP contribution in [0.1, 0.15) is 31.7 Å². The highest BCUT2D eigenvalue weighted by atomic mass is 16.5. The molecule has 0 fully saturated rings. The predicted molar refractivity (Wildman–Crippen MR) is 88.5 cm³/mol. The van der Waals surface area contributed by atoms with Crippen LogP contribution >= 0.6 is 0 Å². The number of nitrogens with zero attached hydrogens (tertiary/aromatic N) is 2. The van der Waals surface area contributed by atoms with Crippen molar-refractivity contribution in [2.24, 2.45) is 0 Å². The van der Waals surface area contributed by atoms with E-state index in [4.69, 9.17) is 10.00 Å². The summed E-state index contributed by atoms with van der Waals surface area (Å²) >= 11 is 0. The topological polar surface area (TPSA) is 45.9 Å². The Labute approximate surface area is 131 Å². The first-order valence-corrected chi connectivity index (χ1v) is 7.58. The largest absolute Gasteiger partial charge is 0.492 e. The molecule has 0 aliphatic carbocycles. The fraction of sp³-hybridized carbons (Fsp3) is 0.263. The number of rotatable bonds is 7. The Kier molecular flexibility index (Phi) is 6.19. The maximum atomic E-state index is 8.80. The van der Waals surface area contributed by atoms with Crippen LogP contribution in [0.4, 0.5) is 0 Å². The lowest BCUT2D eigenvalue weighted by molar-refractivity contribution is 0.311. The lowest BCUT2D eigenvalue weighted by atomic mass is 10.1. The van der Waals surface area contributed by atoms with E-state index in [0.717, 1.165) is 36.3 Å². The molecule has 0 N–H and O–H groups in total. The van der Waals surface area contributed by atoms with E-state index in [1.165, 1.54) is 0 Å². The van der Waals surface area contributed by atoms with Crippen molar-refractivity contribution >= 4 is 0 Å². The molecular formula is C19H20N2O. The third-order valence-corrected chi connectivity index (χ3v) is 3.23. The molecule has 0 bridgehead atoms. The van der Waals surface area contributed by atoms with Crippen molar-refractivity contribution in [1.82, 2.24) is 4.98 Å². The minimum atomic E-state index is 0.654. The number of nitriles is 1. The summed E-state index contributed by atoms with van der Waals surface area (Å²) in [5.74, 6) is 0.789. The Morgan fingerprint density at radius 3 is 2.59 bits per heavy atom. The summed E-state index contributed by atoms with van der Waals surface area (Å²) in [6, 6.07) is 13.4. The summed E-state index contributed by atoms with van der Waals surface area (Å²) in [4.78, 5) is 4.41. The molecule has 0 aliphatic rings. The molecule has 0 aliphatic heterocycles. The number of unbranched alkanes of at least 4 members (excludes halogenated alkanes) is 1. The lowest BCUT2D eigenvalue weighted by Gasteiger charge is -2.06. The van der Waals surface area contributed by atoms with E-state index >= 15 is 0 Å². The van der Waals surface area contributed by atoms with Gasteiger partial charge in [0.15, 0.2) is 0 Å². The number of hydrogen-bond donors (Lipinski definition) is 0. The molecule has 2 rings (SSSR count). The van der Waals surface area contributed by atoms with Gasteiger partial charge in [0.05, 0.1) is 30.1 Å². The molecular weight excluding hydrogens is 272 g/mol. The van der Waals surface area contributed by atoms with Crippen LogP contribution in [0, 0.1) is 11.3 Å². The lowest BCUT2D eigenvalue weighted by Crippen LogP contribution is -1.97. The summed E-state index contributed by atoms with van der Waals surface area (Å²) in [5.41, 5.74) is 2.53. The molecule has 1 aromatic carbocycles. The second kappa shape index (κ2) is 8.63. The zero-order chi connectivity index (χ0) is 15.6. The van der Waals surface area contributed by atoms with Gasteiger partial charge in [-0.05, 0) is 43.5 Å². The second-order valence-electron chi connectivity index (χ2n) is 4.94. The molecule has 0 saturated carbocycles. The number of allylic oxidation sites excluding steroid dienone is 2. The van der Waals surface area contributed by atoms with E-state index in [-0.39, 0.29) is 0 Å². The van der Waals surface area contributed by atoms with Gasteiger partial charge in [0.2, 0.25) is 0 Å². The van der Waals surface area contributed by atoms with Gasteiger partial charge >= 0.3 is 0 Å². The van der Waals surface area contributed by atoms with Gasteiger partial charge in [-0.3, -0.25) is 4.98 Å². The molecule has 0 radical (unpaired) electrons. The van der Waals surface area contributed by atoms with Gasteiger partial charge in [-0.25, -0.2) is 0 Å². The molecule has 2 aromatic rings. The maximum absolute atomic E-state index is 8.80. The fourth-order valence-electron chi connectivity index (χ4n) is 2.03. The average Bonchev–Trinajstić information content (AvgIpc) is 2.59. The molecule has 1 heterocycles. The zero-order valence-electron chi connectivity index (χ0n) is 12.8. The van der Waals surface area contributed by atoms with Gasteiger partial charge in [0, 0.05) is 5.56 Å². The van der Waals surface area contributed by atoms with Crippen LogP contribution in [0.5, 0.6) is 5.75 Å². The maximum Gasteiger partial charge on any atom is 0.137 e. The molecule has 0 amide bonds. The summed E-state index contributed by atoms with van der Waals surface area (Å²) < 4.78 is 5.67. The molecule has 112 valence electrons. The number of aromatic nitrogens is 1. The quantitative estimate of drug-likeness (QED) is 0.546. The van der Waals surface area contributed by atoms with Gasteiger partial charge in [-0.2, -0.15) is 5.26 Å². The van der Waals surface area contributed by atoms with Gasteiger partial charge < -0.3 is 4.74 Å². The van der Waals surface area contributed by atoms with Crippen LogP contribution < -0.4 is 4.74 Å². The Morgan fingerprint density at radius 2 is 1.95 bits per heavy atom. The average molecular weight is 292 g/mol. The van der Waals surface area contributed by atoms with Gasteiger partial charge in [0.25, 0.3) is 0 Å². The molecule has 3 nitrogen and oxygen atoms in total. The Bertz CT molecular complexity index is 637. The fourth-order valence-corrected chi connectivity index (χ4v) is 2.03. The van der Waals surface area contributed by atoms with E-state index in [2.05, 4.69) is 30.1 Å². The van der Waals surface area contributed by atoms with Crippen LogP contribution in [0.2, 0.25) is 0 Å². The summed E-state index contributed by atoms with van der Waals surface area (Å²) in [7, 11) is 0. The monoisotopic (exact) mass is 292 g/mol. The van der Waals surface area contributed by atoms with E-state index in [0.29, 0.717) is 12.2 Å². The smallest absolute Gasteiger partial charge is 0.137 e. The third-order valence-electron chi connectivity index (χ3n) is 3.23. The molecule has 22 heavy (non-hydrogen) atoms. The van der Waals surface area contributed by atoms with Crippen LogP contribution in [0.15, 0.2) is 54.7 Å². The SMILES string of the molecule is CC/C=C/CCCOc1ccc(-c2ccc(C#N)cc2)nc1. The van der Waals surface area contributed by atoms with Crippen LogP contribution in [-0.4, -0.2) is 11.6 Å². The second-order valence-corrected chi connectivity index (χ2v) is 4.94. The van der Waals surface area contributed by atoms with Crippen LogP contribution in [0.3, 0.4) is 0 Å². The van der Waals surface area contributed by atoms with E-state index in [1.807, 2.05) is 24.3 Å². The van der Waals surface area contributed by atoms with E-state index < -0.39 is 0 Å². The Balaban J connectivity index is 1.87. The van der Waals surface area contributed by atoms with E-state index in [9.17, 15) is 0 Å². The minimum absolute atomic E-state index is 0.654. The summed E-state index contributed by atoms with van der Waals surface area (Å²) in [6.45, 7) is 2.83. The molecule has 0 spiro atoms. The molecule has 0 saturated heterocycles. The molecule has 0 atom stereocenters. The Morgan fingerprint density at radius 1 is 1.14 bits per heavy atom. The Hall–Kier alpha value is -2.60. The highest BCUT2D eigenvalue weighted by molar-refractivity contribution is 5.60. The number of hydrogen-bond acceptors (Lipinski definition) is 3. The van der Waals surface area contributed by atoms with Crippen molar-refractivity contribution in [2.75, 3.05) is 6.61 Å². The highest BCUT2D eigenvalue weighted by Gasteiger charge is 2.01. The highest BCUT2D eigenvalue weighted by Crippen LogP contribution is 2.20. The predicted octanol–water partition coefficient (Wildman–Crippen LogP) is 4.75. The van der Waals surface area contributed by atoms with Gasteiger partial charge in [-0.15, -0.1) is 0 Å². The minimum Gasteiger partial charge on any atom is -0.492 e. The molecule has 1 aromatic heterocycles. The van der Waals surface area contributed by atoms with Crippen molar-refractivity contribution in [1.29, 1.82) is 5.26 Å². The zero-order valence-corrected chi connectivity index (χ0v) is 12.8. The van der Waals surface area contributed by atoms with Crippen molar-refractivity contribution in [3.05, 3.63) is 60.3 Å². The summed E-state index contributed by atoms with van der Waals surface area (Å²) in [6.07, 6.45) is 9.25. The third kappa shape index (κ3) is 4.75. The first kappa shape index (κ1) is 15.8. The van der Waals surface area contributed by atoms with Gasteiger partial charge in [-0.1, -0.05) is 31.2 Å². The van der Waals surface area contributed by atoms with Gasteiger partial charge in [0.1, 0.15) is 5.75 Å². The number of benzene rings is 1. The first-order valence-electron chi connectivity index (χ1n) is 7.58. The number of ether oxygens (including phenoxy) is 1. The summed E-state index contributed by atoms with van der Waals surface area (Å²) in [5, 5.41) is 8.80. The van der Waals surface area contributed by atoms with Crippen molar-refractivity contribution in [2.45, 2.75) is 26.2 Å². The van der Waals surface area contributed by atoms with Crippen LogP contribution in [0.25, 0.3) is 11.3 Å². The number of pyridine rings is 1. The van der Waals surface area contributed by atoms with Crippen LogP contribution in [-0.2, 0) is 0 Å². The van der Waals surface area contributed by atoms with Crippen molar-refractivity contribution in [3.8, 4) is 23.1 Å². The molecule has 0 unspecified atom stereocenters. The van der Waals surface area contributed by atoms with Crippen molar-refractivity contribution < 1.29 is 4.74 Å². The van der Waals surface area contributed by atoms with E-state index in [1.54, 1.807) is 18.3 Å². The first-order chi connectivity index (χ1) is 10.8. The van der Waals surface area contributed by atoms with Crippen molar-refractivity contribution in [3.63, 3.8) is 0 Å². The molecule has 3 heteroatoms. The standard InChI is InChI=1S/C19H20N2O/c1-2-3-4-5-6-13-22-18-11-12-19(21-15-18)17-9-7-16(14-20)8-10-17/h3-4,7-12,15H,2,5-6,13H2,1H3/b4-3+.